The summed E-state index contributed by atoms with van der Waals surface area (Å²) in [6.07, 6.45) is 2.47. The Morgan fingerprint density at radius 3 is 2.24 bits per heavy atom. The second-order valence-electron chi connectivity index (χ2n) is 6.22. The van der Waals surface area contributed by atoms with Gasteiger partial charge in [0.25, 0.3) is 0 Å². The van der Waals surface area contributed by atoms with E-state index in [0.29, 0.717) is 12.1 Å². The molecule has 1 aliphatic rings. The third kappa shape index (κ3) is 3.48. The molecule has 1 N–H and O–H groups in total. The first-order chi connectivity index (χ1) is 10.1. The van der Waals surface area contributed by atoms with E-state index in [1.165, 1.54) is 29.5 Å². The summed E-state index contributed by atoms with van der Waals surface area (Å²) in [7, 11) is 0. The van der Waals surface area contributed by atoms with Crippen LogP contribution in [0, 0.1) is 6.92 Å². The Kier molecular flexibility index (Phi) is 4.32. The summed E-state index contributed by atoms with van der Waals surface area (Å²) in [6.45, 7) is 4.37. The van der Waals surface area contributed by atoms with Gasteiger partial charge in [0, 0.05) is 17.1 Å². The largest absolute Gasteiger partial charge is 0.307 e. The van der Waals surface area contributed by atoms with Gasteiger partial charge in [-0.25, -0.2) is 0 Å². The zero-order chi connectivity index (χ0) is 14.8. The molecule has 0 radical (unpaired) electrons. The lowest BCUT2D eigenvalue weighted by Gasteiger charge is -2.38. The standard InChI is InChI=1S/C19H22ClN/c1-13-3-5-16(6-4-13)17-11-19(12-17)21-14(2)15-7-9-18(20)10-8-15/h3-10,14,17,19,21H,11-12H2,1-2H3/t14-,17?,19?/m0/s1. The maximum absolute atomic E-state index is 5.94. The van der Waals surface area contributed by atoms with E-state index in [2.05, 4.69) is 55.6 Å². The van der Waals surface area contributed by atoms with Crippen LogP contribution in [0.25, 0.3) is 0 Å². The number of benzene rings is 2. The first-order valence-electron chi connectivity index (χ1n) is 7.70. The van der Waals surface area contributed by atoms with E-state index in [-0.39, 0.29) is 0 Å². The van der Waals surface area contributed by atoms with Crippen molar-refractivity contribution in [1.82, 2.24) is 5.32 Å². The Hall–Kier alpha value is -1.31. The summed E-state index contributed by atoms with van der Waals surface area (Å²) in [6, 6.07) is 18.1. The molecule has 0 saturated heterocycles. The summed E-state index contributed by atoms with van der Waals surface area (Å²) in [5.74, 6) is 0.723. The maximum atomic E-state index is 5.94. The first-order valence-corrected chi connectivity index (χ1v) is 8.07. The van der Waals surface area contributed by atoms with E-state index in [0.717, 1.165) is 10.9 Å². The SMILES string of the molecule is Cc1ccc(C2CC(N[C@@H](C)c3ccc(Cl)cc3)C2)cc1. The number of hydrogen-bond donors (Lipinski definition) is 1. The van der Waals surface area contributed by atoms with Crippen LogP contribution >= 0.6 is 11.6 Å². The maximum Gasteiger partial charge on any atom is 0.0406 e. The van der Waals surface area contributed by atoms with E-state index in [1.807, 2.05) is 12.1 Å². The minimum absolute atomic E-state index is 0.381. The van der Waals surface area contributed by atoms with Crippen molar-refractivity contribution in [3.05, 3.63) is 70.2 Å². The molecule has 2 aromatic rings. The van der Waals surface area contributed by atoms with Crippen molar-refractivity contribution in [2.75, 3.05) is 0 Å². The average molecular weight is 300 g/mol. The van der Waals surface area contributed by atoms with Crippen molar-refractivity contribution in [2.24, 2.45) is 0 Å². The normalized spacial score (nSPS) is 22.6. The number of hydrogen-bond acceptors (Lipinski definition) is 1. The zero-order valence-corrected chi connectivity index (χ0v) is 13.4. The molecule has 1 nitrogen and oxygen atoms in total. The molecule has 1 atom stereocenters. The second-order valence-corrected chi connectivity index (χ2v) is 6.65. The molecule has 2 aromatic carbocycles. The van der Waals surface area contributed by atoms with Crippen LogP contribution in [0.2, 0.25) is 5.02 Å². The van der Waals surface area contributed by atoms with E-state index in [9.17, 15) is 0 Å². The highest BCUT2D eigenvalue weighted by atomic mass is 35.5. The Labute approximate surface area is 132 Å². The minimum atomic E-state index is 0.381. The van der Waals surface area contributed by atoms with Crippen LogP contribution in [0.1, 0.15) is 48.4 Å². The molecule has 0 aliphatic heterocycles. The van der Waals surface area contributed by atoms with Gasteiger partial charge in [-0.15, -0.1) is 0 Å². The number of rotatable bonds is 4. The van der Waals surface area contributed by atoms with E-state index in [4.69, 9.17) is 11.6 Å². The highest BCUT2D eigenvalue weighted by Gasteiger charge is 2.30. The quantitative estimate of drug-likeness (QED) is 0.813. The van der Waals surface area contributed by atoms with Crippen LogP contribution in [0.15, 0.2) is 48.5 Å². The molecule has 110 valence electrons. The van der Waals surface area contributed by atoms with Crippen molar-refractivity contribution in [1.29, 1.82) is 0 Å². The van der Waals surface area contributed by atoms with Crippen LogP contribution in [0.5, 0.6) is 0 Å². The molecule has 21 heavy (non-hydrogen) atoms. The van der Waals surface area contributed by atoms with Crippen molar-refractivity contribution < 1.29 is 0 Å². The Balaban J connectivity index is 1.52. The number of halogens is 1. The highest BCUT2D eigenvalue weighted by Crippen LogP contribution is 2.38. The molecule has 3 rings (SSSR count). The lowest BCUT2D eigenvalue weighted by Crippen LogP contribution is -2.41. The molecule has 0 unspecified atom stereocenters. The summed E-state index contributed by atoms with van der Waals surface area (Å²) in [4.78, 5) is 0. The van der Waals surface area contributed by atoms with Gasteiger partial charge in [-0.3, -0.25) is 0 Å². The smallest absolute Gasteiger partial charge is 0.0406 e. The monoisotopic (exact) mass is 299 g/mol. The van der Waals surface area contributed by atoms with Gasteiger partial charge < -0.3 is 5.32 Å². The lowest BCUT2D eigenvalue weighted by atomic mass is 9.75. The van der Waals surface area contributed by atoms with Crippen molar-refractivity contribution in [3.8, 4) is 0 Å². The lowest BCUT2D eigenvalue weighted by molar-refractivity contribution is 0.271. The van der Waals surface area contributed by atoms with Crippen LogP contribution in [-0.2, 0) is 0 Å². The van der Waals surface area contributed by atoms with Gasteiger partial charge in [0.15, 0.2) is 0 Å². The first kappa shape index (κ1) is 14.6. The van der Waals surface area contributed by atoms with Gasteiger partial charge in [0.05, 0.1) is 0 Å². The number of nitrogens with one attached hydrogen (secondary N) is 1. The molecule has 0 amide bonds. The van der Waals surface area contributed by atoms with Gasteiger partial charge in [-0.2, -0.15) is 0 Å². The van der Waals surface area contributed by atoms with Crippen molar-refractivity contribution in [3.63, 3.8) is 0 Å². The summed E-state index contributed by atoms with van der Waals surface area (Å²) in [5.41, 5.74) is 4.13. The summed E-state index contributed by atoms with van der Waals surface area (Å²) >= 11 is 5.94. The second kappa shape index (κ2) is 6.21. The minimum Gasteiger partial charge on any atom is -0.307 e. The topological polar surface area (TPSA) is 12.0 Å². The van der Waals surface area contributed by atoms with Gasteiger partial charge in [-0.05, 0) is 55.9 Å². The van der Waals surface area contributed by atoms with E-state index < -0.39 is 0 Å². The van der Waals surface area contributed by atoms with Gasteiger partial charge in [0.2, 0.25) is 0 Å². The predicted molar refractivity (Wildman–Crippen MR) is 89.9 cm³/mol. The fraction of sp³-hybridized carbons (Fsp3) is 0.368. The third-order valence-electron chi connectivity index (χ3n) is 4.54. The number of aryl methyl sites for hydroxylation is 1. The highest BCUT2D eigenvalue weighted by molar-refractivity contribution is 6.30. The Bertz CT molecular complexity index is 582. The van der Waals surface area contributed by atoms with Crippen LogP contribution < -0.4 is 5.32 Å². The molecule has 0 heterocycles. The van der Waals surface area contributed by atoms with E-state index in [1.54, 1.807) is 0 Å². The zero-order valence-electron chi connectivity index (χ0n) is 12.6. The molecule has 1 fully saturated rings. The van der Waals surface area contributed by atoms with Gasteiger partial charge >= 0.3 is 0 Å². The third-order valence-corrected chi connectivity index (χ3v) is 4.79. The average Bonchev–Trinajstić information content (AvgIpc) is 2.44. The van der Waals surface area contributed by atoms with Crippen LogP contribution in [0.3, 0.4) is 0 Å². The van der Waals surface area contributed by atoms with Crippen LogP contribution in [0.4, 0.5) is 0 Å². The van der Waals surface area contributed by atoms with Crippen molar-refractivity contribution >= 4 is 11.6 Å². The molecule has 2 heteroatoms. The van der Waals surface area contributed by atoms with Gasteiger partial charge in [0.1, 0.15) is 0 Å². The predicted octanol–water partition coefficient (Wildman–Crippen LogP) is 5.25. The summed E-state index contributed by atoms with van der Waals surface area (Å²) in [5, 5.41) is 4.52. The van der Waals surface area contributed by atoms with Crippen molar-refractivity contribution in [2.45, 2.75) is 44.7 Å². The fourth-order valence-corrected chi connectivity index (χ4v) is 3.19. The van der Waals surface area contributed by atoms with E-state index >= 15 is 0 Å². The molecule has 1 saturated carbocycles. The molecule has 0 bridgehead atoms. The Morgan fingerprint density at radius 2 is 1.62 bits per heavy atom. The Morgan fingerprint density at radius 1 is 1.00 bits per heavy atom. The molecule has 0 aromatic heterocycles. The molecule has 1 aliphatic carbocycles. The summed E-state index contributed by atoms with van der Waals surface area (Å²) < 4.78 is 0. The van der Waals surface area contributed by atoms with Gasteiger partial charge in [-0.1, -0.05) is 53.6 Å². The molecule has 0 spiro atoms. The fourth-order valence-electron chi connectivity index (χ4n) is 3.07. The van der Waals surface area contributed by atoms with Crippen LogP contribution in [-0.4, -0.2) is 6.04 Å². The molecular weight excluding hydrogens is 278 g/mol. The molecular formula is C19H22ClN.